The van der Waals surface area contributed by atoms with Crippen LogP contribution >= 0.6 is 0 Å². The van der Waals surface area contributed by atoms with Crippen molar-refractivity contribution in [2.24, 2.45) is 0 Å². The summed E-state index contributed by atoms with van der Waals surface area (Å²) in [5.74, 6) is 2.14. The predicted molar refractivity (Wildman–Crippen MR) is 83.8 cm³/mol. The molecule has 0 saturated heterocycles. The van der Waals surface area contributed by atoms with Gasteiger partial charge in [-0.1, -0.05) is 0 Å². The van der Waals surface area contributed by atoms with E-state index in [0.717, 1.165) is 11.5 Å². The number of benzene rings is 2. The second kappa shape index (κ2) is 7.93. The number of carbonyl (C=O) groups is 1. The molecule has 0 heterocycles. The third-order valence-corrected chi connectivity index (χ3v) is 3.02. The molecule has 5 nitrogen and oxygen atoms in total. The molecule has 0 bridgehead atoms. The molecular weight excluding hydrogens is 282 g/mol. The Bertz CT molecular complexity index is 593. The fraction of sp³-hybridized carbons (Fsp3) is 0.235. The summed E-state index contributed by atoms with van der Waals surface area (Å²) in [5.41, 5.74) is 0.601. The van der Waals surface area contributed by atoms with E-state index in [2.05, 4.69) is 5.32 Å². The lowest BCUT2D eigenvalue weighted by Gasteiger charge is -2.09. The van der Waals surface area contributed by atoms with E-state index in [9.17, 15) is 4.79 Å². The lowest BCUT2D eigenvalue weighted by atomic mass is 10.2. The van der Waals surface area contributed by atoms with Crippen molar-refractivity contribution < 1.29 is 19.0 Å². The molecule has 2 aromatic carbocycles. The van der Waals surface area contributed by atoms with Crippen molar-refractivity contribution in [3.8, 4) is 17.2 Å². The molecule has 22 heavy (non-hydrogen) atoms. The quantitative estimate of drug-likeness (QED) is 0.798. The van der Waals surface area contributed by atoms with Gasteiger partial charge in [-0.15, -0.1) is 0 Å². The van der Waals surface area contributed by atoms with Gasteiger partial charge in [0.1, 0.15) is 30.5 Å². The molecule has 0 aliphatic carbocycles. The second-order valence-electron chi connectivity index (χ2n) is 4.48. The van der Waals surface area contributed by atoms with Gasteiger partial charge in [-0.05, 0) is 48.5 Å². The highest BCUT2D eigenvalue weighted by atomic mass is 16.5. The first-order valence-electron chi connectivity index (χ1n) is 6.94. The highest BCUT2D eigenvalue weighted by molar-refractivity contribution is 5.94. The standard InChI is InChI=1S/C17H19NO4/c1-18-17(19)13-3-5-15(6-4-13)21-11-12-22-16-9-7-14(20-2)8-10-16/h3-10H,11-12H2,1-2H3,(H,18,19). The molecule has 0 aliphatic rings. The van der Waals surface area contributed by atoms with Crippen molar-refractivity contribution in [2.75, 3.05) is 27.4 Å². The number of carbonyl (C=O) groups excluding carboxylic acids is 1. The molecule has 0 fully saturated rings. The van der Waals surface area contributed by atoms with Crippen LogP contribution in [0.25, 0.3) is 0 Å². The first-order valence-corrected chi connectivity index (χ1v) is 6.94. The van der Waals surface area contributed by atoms with E-state index in [1.165, 1.54) is 0 Å². The minimum atomic E-state index is -0.116. The number of methoxy groups -OCH3 is 1. The Balaban J connectivity index is 1.75. The maximum absolute atomic E-state index is 11.4. The van der Waals surface area contributed by atoms with Gasteiger partial charge in [0.15, 0.2) is 0 Å². The number of rotatable bonds is 7. The monoisotopic (exact) mass is 301 g/mol. The topological polar surface area (TPSA) is 56.8 Å². The van der Waals surface area contributed by atoms with E-state index in [1.807, 2.05) is 24.3 Å². The van der Waals surface area contributed by atoms with Gasteiger partial charge in [-0.2, -0.15) is 0 Å². The first kappa shape index (κ1) is 15.7. The van der Waals surface area contributed by atoms with Crippen molar-refractivity contribution in [1.29, 1.82) is 0 Å². The zero-order valence-corrected chi connectivity index (χ0v) is 12.7. The first-order chi connectivity index (χ1) is 10.7. The summed E-state index contributed by atoms with van der Waals surface area (Å²) in [6, 6.07) is 14.3. The smallest absolute Gasteiger partial charge is 0.251 e. The highest BCUT2D eigenvalue weighted by Crippen LogP contribution is 2.17. The van der Waals surface area contributed by atoms with Crippen molar-refractivity contribution >= 4 is 5.91 Å². The Kier molecular flexibility index (Phi) is 5.65. The van der Waals surface area contributed by atoms with Crippen molar-refractivity contribution in [1.82, 2.24) is 5.32 Å². The third kappa shape index (κ3) is 4.41. The van der Waals surface area contributed by atoms with E-state index in [0.29, 0.717) is 24.5 Å². The maximum Gasteiger partial charge on any atom is 0.251 e. The SMILES string of the molecule is CNC(=O)c1ccc(OCCOc2ccc(OC)cc2)cc1. The molecule has 2 aromatic rings. The molecule has 2 rings (SSSR count). The summed E-state index contributed by atoms with van der Waals surface area (Å²) < 4.78 is 16.2. The van der Waals surface area contributed by atoms with Crippen LogP contribution in [0, 0.1) is 0 Å². The normalized spacial score (nSPS) is 9.91. The van der Waals surface area contributed by atoms with Gasteiger partial charge in [0.05, 0.1) is 7.11 Å². The lowest BCUT2D eigenvalue weighted by Crippen LogP contribution is -2.17. The van der Waals surface area contributed by atoms with Gasteiger partial charge >= 0.3 is 0 Å². The van der Waals surface area contributed by atoms with Gasteiger partial charge in [0.25, 0.3) is 5.91 Å². The van der Waals surface area contributed by atoms with Crippen LogP contribution in [0.15, 0.2) is 48.5 Å². The Morgan fingerprint density at radius 3 is 1.77 bits per heavy atom. The van der Waals surface area contributed by atoms with Crippen molar-refractivity contribution in [2.45, 2.75) is 0 Å². The minimum Gasteiger partial charge on any atom is -0.497 e. The average Bonchev–Trinajstić information content (AvgIpc) is 2.59. The molecule has 0 radical (unpaired) electrons. The summed E-state index contributed by atoms with van der Waals surface area (Å²) in [7, 11) is 3.22. The van der Waals surface area contributed by atoms with Crippen LogP contribution in [0.1, 0.15) is 10.4 Å². The molecule has 1 amide bonds. The third-order valence-electron chi connectivity index (χ3n) is 3.02. The van der Waals surface area contributed by atoms with Crippen LogP contribution < -0.4 is 19.5 Å². The predicted octanol–water partition coefficient (Wildman–Crippen LogP) is 2.51. The zero-order valence-electron chi connectivity index (χ0n) is 12.7. The van der Waals surface area contributed by atoms with Gasteiger partial charge < -0.3 is 19.5 Å². The van der Waals surface area contributed by atoms with Gasteiger partial charge in [0.2, 0.25) is 0 Å². The van der Waals surface area contributed by atoms with E-state index < -0.39 is 0 Å². The molecule has 116 valence electrons. The summed E-state index contributed by atoms with van der Waals surface area (Å²) in [5, 5.41) is 2.57. The number of amides is 1. The molecule has 0 aromatic heterocycles. The Hall–Kier alpha value is -2.69. The second-order valence-corrected chi connectivity index (χ2v) is 4.48. The van der Waals surface area contributed by atoms with Crippen LogP contribution in [-0.2, 0) is 0 Å². The van der Waals surface area contributed by atoms with Crippen LogP contribution in [0.5, 0.6) is 17.2 Å². The largest absolute Gasteiger partial charge is 0.497 e. The molecule has 1 N–H and O–H groups in total. The van der Waals surface area contributed by atoms with Crippen LogP contribution in [0.4, 0.5) is 0 Å². The average molecular weight is 301 g/mol. The van der Waals surface area contributed by atoms with Crippen molar-refractivity contribution in [3.63, 3.8) is 0 Å². The molecule has 0 unspecified atom stereocenters. The molecule has 0 spiro atoms. The summed E-state index contributed by atoms with van der Waals surface area (Å²) in [6.07, 6.45) is 0. The number of ether oxygens (including phenoxy) is 3. The molecular formula is C17H19NO4. The Morgan fingerprint density at radius 2 is 1.32 bits per heavy atom. The van der Waals surface area contributed by atoms with Crippen molar-refractivity contribution in [3.05, 3.63) is 54.1 Å². The summed E-state index contributed by atoms with van der Waals surface area (Å²) >= 11 is 0. The van der Waals surface area contributed by atoms with E-state index >= 15 is 0 Å². The fourth-order valence-electron chi connectivity index (χ4n) is 1.84. The summed E-state index contributed by atoms with van der Waals surface area (Å²) in [4.78, 5) is 11.4. The number of nitrogens with one attached hydrogen (secondary N) is 1. The molecule has 0 saturated carbocycles. The van der Waals surface area contributed by atoms with Crippen LogP contribution in [0.2, 0.25) is 0 Å². The van der Waals surface area contributed by atoms with E-state index in [4.69, 9.17) is 14.2 Å². The fourth-order valence-corrected chi connectivity index (χ4v) is 1.84. The summed E-state index contributed by atoms with van der Waals surface area (Å²) in [6.45, 7) is 0.856. The number of hydrogen-bond acceptors (Lipinski definition) is 4. The van der Waals surface area contributed by atoms with Gasteiger partial charge in [-0.3, -0.25) is 4.79 Å². The van der Waals surface area contributed by atoms with Crippen LogP contribution in [-0.4, -0.2) is 33.3 Å². The Labute approximate surface area is 129 Å². The van der Waals surface area contributed by atoms with Gasteiger partial charge in [0, 0.05) is 12.6 Å². The number of hydrogen-bond donors (Lipinski definition) is 1. The Morgan fingerprint density at radius 1 is 0.864 bits per heavy atom. The van der Waals surface area contributed by atoms with Crippen LogP contribution in [0.3, 0.4) is 0 Å². The molecule has 5 heteroatoms. The van der Waals surface area contributed by atoms with E-state index in [-0.39, 0.29) is 5.91 Å². The van der Waals surface area contributed by atoms with E-state index in [1.54, 1.807) is 38.4 Å². The lowest BCUT2D eigenvalue weighted by molar-refractivity contribution is 0.0963. The molecule has 0 atom stereocenters. The minimum absolute atomic E-state index is 0.116. The molecule has 0 aliphatic heterocycles. The highest BCUT2D eigenvalue weighted by Gasteiger charge is 2.02. The maximum atomic E-state index is 11.4. The van der Waals surface area contributed by atoms with Gasteiger partial charge in [-0.25, -0.2) is 0 Å². The zero-order chi connectivity index (χ0) is 15.8.